The van der Waals surface area contributed by atoms with E-state index in [1.165, 1.54) is 16.4 Å². The third kappa shape index (κ3) is 3.44. The summed E-state index contributed by atoms with van der Waals surface area (Å²) in [5, 5.41) is 0. The van der Waals surface area contributed by atoms with E-state index in [0.717, 1.165) is 18.4 Å². The Morgan fingerprint density at radius 2 is 1.58 bits per heavy atom. The van der Waals surface area contributed by atoms with Gasteiger partial charge in [0.05, 0.1) is 12.0 Å². The molecule has 0 radical (unpaired) electrons. The molecular formula is C18H20FNO3S. The summed E-state index contributed by atoms with van der Waals surface area (Å²) in [6.45, 7) is 0.937. The van der Waals surface area contributed by atoms with Gasteiger partial charge in [0.25, 0.3) is 0 Å². The van der Waals surface area contributed by atoms with E-state index in [-0.39, 0.29) is 16.6 Å². The van der Waals surface area contributed by atoms with Crippen molar-refractivity contribution >= 4 is 10.0 Å². The van der Waals surface area contributed by atoms with Crippen molar-refractivity contribution in [3.63, 3.8) is 0 Å². The number of piperidine rings is 1. The molecule has 0 atom stereocenters. The minimum absolute atomic E-state index is 0.252. The summed E-state index contributed by atoms with van der Waals surface area (Å²) in [4.78, 5) is 0.281. The first-order chi connectivity index (χ1) is 11.5. The summed E-state index contributed by atoms with van der Waals surface area (Å²) >= 11 is 0. The van der Waals surface area contributed by atoms with Gasteiger partial charge in [-0.3, -0.25) is 0 Å². The number of sulfonamides is 1. The van der Waals surface area contributed by atoms with Crippen LogP contribution in [0.15, 0.2) is 53.4 Å². The monoisotopic (exact) mass is 349 g/mol. The molecule has 0 aromatic heterocycles. The van der Waals surface area contributed by atoms with Gasteiger partial charge in [0, 0.05) is 13.1 Å². The van der Waals surface area contributed by atoms with Gasteiger partial charge in [-0.1, -0.05) is 12.1 Å². The Hall–Kier alpha value is -1.92. The van der Waals surface area contributed by atoms with Crippen molar-refractivity contribution in [2.75, 3.05) is 20.2 Å². The van der Waals surface area contributed by atoms with Crippen LogP contribution >= 0.6 is 0 Å². The lowest BCUT2D eigenvalue weighted by molar-refractivity contribution is 0.319. The maximum atomic E-state index is 13.0. The molecule has 0 saturated carbocycles. The van der Waals surface area contributed by atoms with Crippen molar-refractivity contribution in [2.24, 2.45) is 0 Å². The van der Waals surface area contributed by atoms with Crippen LogP contribution in [0, 0.1) is 5.82 Å². The average molecular weight is 349 g/mol. The highest BCUT2D eigenvalue weighted by atomic mass is 32.2. The molecule has 2 aromatic rings. The molecule has 2 aromatic carbocycles. The SMILES string of the molecule is COc1ccc(S(=O)(=O)N2CCC(c3ccc(F)cc3)CC2)cc1. The van der Waals surface area contributed by atoms with E-state index in [9.17, 15) is 12.8 Å². The van der Waals surface area contributed by atoms with Gasteiger partial charge in [-0.25, -0.2) is 12.8 Å². The Labute approximate surface area is 141 Å². The van der Waals surface area contributed by atoms with Gasteiger partial charge in [0.2, 0.25) is 10.0 Å². The van der Waals surface area contributed by atoms with Gasteiger partial charge in [0.1, 0.15) is 11.6 Å². The lowest BCUT2D eigenvalue weighted by atomic mass is 9.90. The van der Waals surface area contributed by atoms with Gasteiger partial charge < -0.3 is 4.74 Å². The van der Waals surface area contributed by atoms with Crippen molar-refractivity contribution in [1.29, 1.82) is 0 Å². The van der Waals surface area contributed by atoms with E-state index in [0.29, 0.717) is 18.8 Å². The molecule has 24 heavy (non-hydrogen) atoms. The number of halogens is 1. The molecule has 1 fully saturated rings. The van der Waals surface area contributed by atoms with Gasteiger partial charge >= 0.3 is 0 Å². The minimum atomic E-state index is -3.48. The normalized spacial score (nSPS) is 16.9. The van der Waals surface area contributed by atoms with E-state index in [1.54, 1.807) is 43.5 Å². The third-order valence-corrected chi connectivity index (χ3v) is 6.41. The third-order valence-electron chi connectivity index (χ3n) is 4.49. The van der Waals surface area contributed by atoms with Crippen molar-refractivity contribution in [2.45, 2.75) is 23.7 Å². The maximum Gasteiger partial charge on any atom is 0.243 e. The lowest BCUT2D eigenvalue weighted by Crippen LogP contribution is -2.37. The lowest BCUT2D eigenvalue weighted by Gasteiger charge is -2.31. The molecule has 1 saturated heterocycles. The van der Waals surface area contributed by atoms with Crippen LogP contribution < -0.4 is 4.74 Å². The zero-order valence-electron chi connectivity index (χ0n) is 13.5. The van der Waals surface area contributed by atoms with E-state index in [4.69, 9.17) is 4.74 Å². The molecule has 4 nitrogen and oxygen atoms in total. The highest BCUT2D eigenvalue weighted by Gasteiger charge is 2.29. The largest absolute Gasteiger partial charge is 0.497 e. The van der Waals surface area contributed by atoms with Gasteiger partial charge in [-0.2, -0.15) is 4.31 Å². The minimum Gasteiger partial charge on any atom is -0.497 e. The Kier molecular flexibility index (Phi) is 4.87. The summed E-state index contributed by atoms with van der Waals surface area (Å²) in [6, 6.07) is 12.9. The first-order valence-electron chi connectivity index (χ1n) is 7.90. The van der Waals surface area contributed by atoms with Gasteiger partial charge in [-0.15, -0.1) is 0 Å². The first-order valence-corrected chi connectivity index (χ1v) is 9.34. The molecular weight excluding hydrogens is 329 g/mol. The van der Waals surface area contributed by atoms with Crippen LogP contribution in [0.1, 0.15) is 24.3 Å². The topological polar surface area (TPSA) is 46.6 Å². The summed E-state index contributed by atoms with van der Waals surface area (Å²) in [6.07, 6.45) is 1.47. The van der Waals surface area contributed by atoms with E-state index < -0.39 is 10.0 Å². The first kappa shape index (κ1) is 16.9. The molecule has 1 aliphatic rings. The number of benzene rings is 2. The fourth-order valence-corrected chi connectivity index (χ4v) is 4.53. The summed E-state index contributed by atoms with van der Waals surface area (Å²) in [7, 11) is -1.94. The second kappa shape index (κ2) is 6.91. The highest BCUT2D eigenvalue weighted by molar-refractivity contribution is 7.89. The molecule has 0 unspecified atom stereocenters. The molecule has 0 aliphatic carbocycles. The van der Waals surface area contributed by atoms with Gasteiger partial charge in [-0.05, 0) is 60.7 Å². The summed E-state index contributed by atoms with van der Waals surface area (Å²) in [5.74, 6) is 0.648. The summed E-state index contributed by atoms with van der Waals surface area (Å²) in [5.41, 5.74) is 1.07. The molecule has 0 bridgehead atoms. The quantitative estimate of drug-likeness (QED) is 0.850. The van der Waals surface area contributed by atoms with Crippen LogP contribution in [0.3, 0.4) is 0 Å². The van der Waals surface area contributed by atoms with Crippen molar-refractivity contribution in [1.82, 2.24) is 4.31 Å². The Balaban J connectivity index is 1.69. The number of hydrogen-bond acceptors (Lipinski definition) is 3. The Morgan fingerprint density at radius 3 is 2.12 bits per heavy atom. The number of ether oxygens (including phenoxy) is 1. The molecule has 0 spiro atoms. The average Bonchev–Trinajstić information content (AvgIpc) is 2.62. The van der Waals surface area contributed by atoms with Crippen LogP contribution in [0.4, 0.5) is 4.39 Å². The molecule has 128 valence electrons. The standard InChI is InChI=1S/C18H20FNO3S/c1-23-17-6-8-18(9-7-17)24(21,22)20-12-10-15(11-13-20)14-2-4-16(19)5-3-14/h2-9,15H,10-13H2,1H3. The smallest absolute Gasteiger partial charge is 0.243 e. The van der Waals surface area contributed by atoms with Crippen LogP contribution in [-0.4, -0.2) is 32.9 Å². The molecule has 0 N–H and O–H groups in total. The highest BCUT2D eigenvalue weighted by Crippen LogP contribution is 2.31. The van der Waals surface area contributed by atoms with Crippen LogP contribution in [0.5, 0.6) is 5.75 Å². The molecule has 1 heterocycles. The summed E-state index contributed by atoms with van der Waals surface area (Å²) < 4.78 is 45.0. The molecule has 3 rings (SSSR count). The Bertz CT molecular complexity index is 780. The van der Waals surface area contributed by atoms with E-state index in [2.05, 4.69) is 0 Å². The van der Waals surface area contributed by atoms with Gasteiger partial charge in [0.15, 0.2) is 0 Å². The number of nitrogens with zero attached hydrogens (tertiary/aromatic N) is 1. The van der Waals surface area contributed by atoms with E-state index in [1.807, 2.05) is 0 Å². The zero-order valence-corrected chi connectivity index (χ0v) is 14.3. The predicted octanol–water partition coefficient (Wildman–Crippen LogP) is 3.40. The maximum absolute atomic E-state index is 13.0. The van der Waals surface area contributed by atoms with Crippen molar-refractivity contribution < 1.29 is 17.5 Å². The second-order valence-corrected chi connectivity index (χ2v) is 7.84. The van der Waals surface area contributed by atoms with Crippen molar-refractivity contribution in [3.8, 4) is 5.75 Å². The molecule has 6 heteroatoms. The fraction of sp³-hybridized carbons (Fsp3) is 0.333. The van der Waals surface area contributed by atoms with Crippen LogP contribution in [0.2, 0.25) is 0 Å². The van der Waals surface area contributed by atoms with E-state index >= 15 is 0 Å². The second-order valence-electron chi connectivity index (χ2n) is 5.91. The fourth-order valence-electron chi connectivity index (χ4n) is 3.06. The van der Waals surface area contributed by atoms with Crippen LogP contribution in [0.25, 0.3) is 0 Å². The van der Waals surface area contributed by atoms with Crippen LogP contribution in [-0.2, 0) is 10.0 Å². The number of methoxy groups -OCH3 is 1. The molecule has 0 amide bonds. The Morgan fingerprint density at radius 1 is 1.00 bits per heavy atom. The zero-order chi connectivity index (χ0) is 17.2. The predicted molar refractivity (Wildman–Crippen MR) is 90.1 cm³/mol. The molecule has 1 aliphatic heterocycles. The van der Waals surface area contributed by atoms with Crippen molar-refractivity contribution in [3.05, 3.63) is 59.9 Å². The number of rotatable bonds is 4. The number of hydrogen-bond donors (Lipinski definition) is 0.